The van der Waals surface area contributed by atoms with Gasteiger partial charge in [0.1, 0.15) is 6.61 Å². The SMILES string of the molecule is NCCc1ccc(OCCN2CCOCC2)c(F)c1. The highest BCUT2D eigenvalue weighted by Gasteiger charge is 2.10. The Bertz CT molecular complexity index is 395. The Balaban J connectivity index is 1.78. The lowest BCUT2D eigenvalue weighted by molar-refractivity contribution is 0.0320. The van der Waals surface area contributed by atoms with Gasteiger partial charge < -0.3 is 15.2 Å². The van der Waals surface area contributed by atoms with Gasteiger partial charge in [-0.15, -0.1) is 0 Å². The first-order valence-corrected chi connectivity index (χ1v) is 6.71. The molecule has 2 rings (SSSR count). The second-order valence-electron chi connectivity index (χ2n) is 4.61. The topological polar surface area (TPSA) is 47.7 Å². The van der Waals surface area contributed by atoms with Crippen LogP contribution in [0.1, 0.15) is 5.56 Å². The molecule has 0 bridgehead atoms. The third-order valence-electron chi connectivity index (χ3n) is 3.20. The molecule has 0 aliphatic carbocycles. The fourth-order valence-electron chi connectivity index (χ4n) is 2.09. The van der Waals surface area contributed by atoms with Crippen molar-refractivity contribution in [3.8, 4) is 5.75 Å². The molecule has 0 spiro atoms. The maximum absolute atomic E-state index is 13.7. The lowest BCUT2D eigenvalue weighted by atomic mass is 10.1. The molecule has 0 aromatic heterocycles. The van der Waals surface area contributed by atoms with Crippen LogP contribution in [0.3, 0.4) is 0 Å². The minimum atomic E-state index is -0.312. The van der Waals surface area contributed by atoms with E-state index in [9.17, 15) is 4.39 Å². The number of benzene rings is 1. The first kappa shape index (κ1) is 14.2. The van der Waals surface area contributed by atoms with Crippen LogP contribution in [0.15, 0.2) is 18.2 Å². The molecule has 1 fully saturated rings. The summed E-state index contributed by atoms with van der Waals surface area (Å²) in [6.45, 7) is 5.18. The molecule has 19 heavy (non-hydrogen) atoms. The Morgan fingerprint density at radius 3 is 2.79 bits per heavy atom. The van der Waals surface area contributed by atoms with E-state index >= 15 is 0 Å². The van der Waals surface area contributed by atoms with Gasteiger partial charge in [0.2, 0.25) is 0 Å². The molecule has 2 N–H and O–H groups in total. The second kappa shape index (κ2) is 7.43. The Morgan fingerprint density at radius 2 is 2.11 bits per heavy atom. The van der Waals surface area contributed by atoms with Gasteiger partial charge in [-0.3, -0.25) is 4.90 Å². The molecule has 106 valence electrons. The van der Waals surface area contributed by atoms with Crippen LogP contribution >= 0.6 is 0 Å². The summed E-state index contributed by atoms with van der Waals surface area (Å²) in [7, 11) is 0. The smallest absolute Gasteiger partial charge is 0.165 e. The molecule has 1 aromatic rings. The molecule has 0 saturated carbocycles. The average molecular weight is 268 g/mol. The first-order valence-electron chi connectivity index (χ1n) is 6.71. The largest absolute Gasteiger partial charge is 0.489 e. The molecule has 0 amide bonds. The highest BCUT2D eigenvalue weighted by Crippen LogP contribution is 2.18. The van der Waals surface area contributed by atoms with Gasteiger partial charge in [0.25, 0.3) is 0 Å². The van der Waals surface area contributed by atoms with Crippen molar-refractivity contribution in [2.75, 3.05) is 46.0 Å². The van der Waals surface area contributed by atoms with Crippen LogP contribution in [0.5, 0.6) is 5.75 Å². The van der Waals surface area contributed by atoms with E-state index < -0.39 is 0 Å². The van der Waals surface area contributed by atoms with Gasteiger partial charge in [0, 0.05) is 19.6 Å². The molecule has 0 unspecified atom stereocenters. The van der Waals surface area contributed by atoms with E-state index in [1.807, 2.05) is 6.07 Å². The van der Waals surface area contributed by atoms with E-state index in [0.717, 1.165) is 38.4 Å². The van der Waals surface area contributed by atoms with Crippen molar-refractivity contribution >= 4 is 0 Å². The first-order chi connectivity index (χ1) is 9.29. The van der Waals surface area contributed by atoms with Crippen LogP contribution < -0.4 is 10.5 Å². The zero-order valence-corrected chi connectivity index (χ0v) is 11.1. The Morgan fingerprint density at radius 1 is 1.32 bits per heavy atom. The fraction of sp³-hybridized carbons (Fsp3) is 0.571. The molecule has 5 heteroatoms. The third-order valence-corrected chi connectivity index (χ3v) is 3.20. The summed E-state index contributed by atoms with van der Waals surface area (Å²) in [6, 6.07) is 5.04. The molecular weight excluding hydrogens is 247 g/mol. The summed E-state index contributed by atoms with van der Waals surface area (Å²) in [5.74, 6) is 0.00181. The monoisotopic (exact) mass is 268 g/mol. The summed E-state index contributed by atoms with van der Waals surface area (Å²) < 4.78 is 24.5. The van der Waals surface area contributed by atoms with E-state index in [-0.39, 0.29) is 5.82 Å². The van der Waals surface area contributed by atoms with Gasteiger partial charge in [-0.25, -0.2) is 4.39 Å². The lowest BCUT2D eigenvalue weighted by Crippen LogP contribution is -2.38. The van der Waals surface area contributed by atoms with Crippen molar-refractivity contribution in [3.05, 3.63) is 29.6 Å². The predicted molar refractivity (Wildman–Crippen MR) is 71.9 cm³/mol. The van der Waals surface area contributed by atoms with Crippen molar-refractivity contribution < 1.29 is 13.9 Å². The molecular formula is C14H21FN2O2. The molecule has 1 aromatic carbocycles. The van der Waals surface area contributed by atoms with E-state index in [1.54, 1.807) is 6.07 Å². The normalized spacial score (nSPS) is 16.5. The van der Waals surface area contributed by atoms with Crippen LogP contribution in [0.4, 0.5) is 4.39 Å². The van der Waals surface area contributed by atoms with Gasteiger partial charge in [0.15, 0.2) is 11.6 Å². The number of ether oxygens (including phenoxy) is 2. The highest BCUT2D eigenvalue weighted by atomic mass is 19.1. The van der Waals surface area contributed by atoms with Crippen molar-refractivity contribution in [1.29, 1.82) is 0 Å². The number of hydrogen-bond donors (Lipinski definition) is 1. The van der Waals surface area contributed by atoms with Gasteiger partial charge >= 0.3 is 0 Å². The van der Waals surface area contributed by atoms with E-state index in [1.165, 1.54) is 6.07 Å². The quantitative estimate of drug-likeness (QED) is 0.837. The highest BCUT2D eigenvalue weighted by molar-refractivity contribution is 5.29. The summed E-state index contributed by atoms with van der Waals surface area (Å²) in [5, 5.41) is 0. The number of nitrogens with zero attached hydrogens (tertiary/aromatic N) is 1. The van der Waals surface area contributed by atoms with Crippen molar-refractivity contribution in [1.82, 2.24) is 4.90 Å². The fourth-order valence-corrected chi connectivity index (χ4v) is 2.09. The van der Waals surface area contributed by atoms with Crippen molar-refractivity contribution in [3.63, 3.8) is 0 Å². The number of rotatable bonds is 6. The zero-order valence-electron chi connectivity index (χ0n) is 11.1. The van der Waals surface area contributed by atoms with E-state index in [2.05, 4.69) is 4.90 Å². The van der Waals surface area contributed by atoms with E-state index in [0.29, 0.717) is 25.3 Å². The van der Waals surface area contributed by atoms with Gasteiger partial charge in [-0.2, -0.15) is 0 Å². The third kappa shape index (κ3) is 4.45. The second-order valence-corrected chi connectivity index (χ2v) is 4.61. The average Bonchev–Trinajstić information content (AvgIpc) is 2.43. The molecule has 1 saturated heterocycles. The van der Waals surface area contributed by atoms with Crippen LogP contribution in [0, 0.1) is 5.82 Å². The molecule has 4 nitrogen and oxygen atoms in total. The van der Waals surface area contributed by atoms with E-state index in [4.69, 9.17) is 15.2 Å². The Hall–Kier alpha value is -1.17. The van der Waals surface area contributed by atoms with Crippen LogP contribution in [0.25, 0.3) is 0 Å². The Labute approximate surface area is 113 Å². The van der Waals surface area contributed by atoms with Gasteiger partial charge in [-0.05, 0) is 30.7 Å². The molecule has 1 aliphatic rings. The lowest BCUT2D eigenvalue weighted by Gasteiger charge is -2.26. The summed E-state index contributed by atoms with van der Waals surface area (Å²) in [4.78, 5) is 2.25. The summed E-state index contributed by atoms with van der Waals surface area (Å²) in [6.07, 6.45) is 0.685. The zero-order chi connectivity index (χ0) is 13.5. The number of halogens is 1. The summed E-state index contributed by atoms with van der Waals surface area (Å²) >= 11 is 0. The van der Waals surface area contributed by atoms with Gasteiger partial charge in [0.05, 0.1) is 13.2 Å². The molecule has 1 heterocycles. The molecule has 0 radical (unpaired) electrons. The predicted octanol–water partition coefficient (Wildman–Crippen LogP) is 1.04. The van der Waals surface area contributed by atoms with Crippen LogP contribution in [-0.2, 0) is 11.2 Å². The minimum absolute atomic E-state index is 0.312. The van der Waals surface area contributed by atoms with Crippen molar-refractivity contribution in [2.24, 2.45) is 5.73 Å². The number of morpholine rings is 1. The van der Waals surface area contributed by atoms with Gasteiger partial charge in [-0.1, -0.05) is 6.07 Å². The Kier molecular flexibility index (Phi) is 5.57. The van der Waals surface area contributed by atoms with Crippen molar-refractivity contribution in [2.45, 2.75) is 6.42 Å². The maximum atomic E-state index is 13.7. The summed E-state index contributed by atoms with van der Waals surface area (Å²) in [5.41, 5.74) is 6.35. The van der Waals surface area contributed by atoms with Crippen LogP contribution in [0.2, 0.25) is 0 Å². The standard InChI is InChI=1S/C14H21FN2O2/c15-13-11-12(3-4-16)1-2-14(13)19-10-7-17-5-8-18-9-6-17/h1-2,11H,3-10,16H2. The minimum Gasteiger partial charge on any atom is -0.489 e. The van der Waals surface area contributed by atoms with Crippen LogP contribution in [-0.4, -0.2) is 50.9 Å². The molecule has 1 aliphatic heterocycles. The number of nitrogens with two attached hydrogens (primary N) is 1. The molecule has 0 atom stereocenters. The number of hydrogen-bond acceptors (Lipinski definition) is 4. The maximum Gasteiger partial charge on any atom is 0.165 e.